The van der Waals surface area contributed by atoms with Gasteiger partial charge in [-0.25, -0.2) is 9.97 Å². The van der Waals surface area contributed by atoms with E-state index in [0.717, 1.165) is 16.4 Å². The van der Waals surface area contributed by atoms with Gasteiger partial charge in [-0.05, 0) is 18.6 Å². The molecular formula is C13H15ClN4. The maximum atomic E-state index is 6.19. The second-order valence-corrected chi connectivity index (χ2v) is 4.52. The predicted molar refractivity (Wildman–Crippen MR) is 74.7 cm³/mol. The number of anilines is 2. The van der Waals surface area contributed by atoms with Gasteiger partial charge in [0, 0.05) is 12.1 Å². The Morgan fingerprint density at radius 2 is 1.94 bits per heavy atom. The molecule has 0 saturated heterocycles. The first-order valence-electron chi connectivity index (χ1n) is 5.64. The van der Waals surface area contributed by atoms with E-state index < -0.39 is 0 Å². The number of hydrogen-bond acceptors (Lipinski definition) is 4. The maximum absolute atomic E-state index is 6.19. The third-order valence-electron chi connectivity index (χ3n) is 2.96. The summed E-state index contributed by atoms with van der Waals surface area (Å²) in [4.78, 5) is 10.3. The van der Waals surface area contributed by atoms with Gasteiger partial charge in [-0.2, -0.15) is 0 Å². The first-order valence-corrected chi connectivity index (χ1v) is 6.02. The lowest BCUT2D eigenvalue weighted by Gasteiger charge is -2.26. The molecule has 0 radical (unpaired) electrons. The molecule has 2 aromatic rings. The van der Waals surface area contributed by atoms with Gasteiger partial charge in [0.15, 0.2) is 0 Å². The van der Waals surface area contributed by atoms with E-state index in [1.807, 2.05) is 36.2 Å². The summed E-state index contributed by atoms with van der Waals surface area (Å²) in [5, 5.41) is 0.750. The SMILES string of the molecule is CC(c1ccccc1Cl)N(C)c1cnc(N)cn1. The van der Waals surface area contributed by atoms with Crippen molar-refractivity contribution in [3.05, 3.63) is 47.2 Å². The molecule has 1 aromatic carbocycles. The van der Waals surface area contributed by atoms with Crippen LogP contribution in [0.4, 0.5) is 11.6 Å². The van der Waals surface area contributed by atoms with Crippen LogP contribution in [0, 0.1) is 0 Å². The molecule has 1 unspecified atom stereocenters. The molecule has 0 spiro atoms. The fraction of sp³-hybridized carbons (Fsp3) is 0.231. The molecule has 0 bridgehead atoms. The monoisotopic (exact) mass is 262 g/mol. The standard InChI is InChI=1S/C13H15ClN4/c1-9(10-5-3-4-6-11(10)14)18(2)13-8-16-12(15)7-17-13/h3-9H,1-2H3,(H2,15,16). The second kappa shape index (κ2) is 5.23. The van der Waals surface area contributed by atoms with Crippen LogP contribution in [0.25, 0.3) is 0 Å². The van der Waals surface area contributed by atoms with Crippen molar-refractivity contribution in [3.63, 3.8) is 0 Å². The van der Waals surface area contributed by atoms with Crippen LogP contribution < -0.4 is 10.6 Å². The largest absolute Gasteiger partial charge is 0.382 e. The van der Waals surface area contributed by atoms with E-state index in [0.29, 0.717) is 5.82 Å². The Hall–Kier alpha value is -1.81. The van der Waals surface area contributed by atoms with Crippen molar-refractivity contribution < 1.29 is 0 Å². The summed E-state index contributed by atoms with van der Waals surface area (Å²) in [6.45, 7) is 2.07. The van der Waals surface area contributed by atoms with E-state index in [4.69, 9.17) is 17.3 Å². The lowest BCUT2D eigenvalue weighted by atomic mass is 10.1. The third-order valence-corrected chi connectivity index (χ3v) is 3.30. The topological polar surface area (TPSA) is 55.0 Å². The number of hydrogen-bond donors (Lipinski definition) is 1. The zero-order valence-corrected chi connectivity index (χ0v) is 11.1. The van der Waals surface area contributed by atoms with Crippen molar-refractivity contribution in [2.24, 2.45) is 0 Å². The number of rotatable bonds is 3. The molecule has 94 valence electrons. The van der Waals surface area contributed by atoms with Crippen LogP contribution in [0.15, 0.2) is 36.7 Å². The quantitative estimate of drug-likeness (QED) is 0.924. The summed E-state index contributed by atoms with van der Waals surface area (Å²) >= 11 is 6.19. The van der Waals surface area contributed by atoms with Gasteiger partial charge in [0.1, 0.15) is 11.6 Å². The summed E-state index contributed by atoms with van der Waals surface area (Å²) in [6, 6.07) is 7.89. The van der Waals surface area contributed by atoms with Gasteiger partial charge < -0.3 is 10.6 Å². The fourth-order valence-corrected chi connectivity index (χ4v) is 2.03. The van der Waals surface area contributed by atoms with Crippen molar-refractivity contribution >= 4 is 23.2 Å². The maximum Gasteiger partial charge on any atom is 0.147 e. The summed E-state index contributed by atoms with van der Waals surface area (Å²) in [5.41, 5.74) is 6.58. The second-order valence-electron chi connectivity index (χ2n) is 4.11. The molecular weight excluding hydrogens is 248 g/mol. The zero-order valence-electron chi connectivity index (χ0n) is 10.3. The molecule has 5 heteroatoms. The van der Waals surface area contributed by atoms with Crippen molar-refractivity contribution in [2.45, 2.75) is 13.0 Å². The minimum absolute atomic E-state index is 0.108. The number of aromatic nitrogens is 2. The molecule has 0 aliphatic rings. The van der Waals surface area contributed by atoms with Crippen LogP contribution in [0.1, 0.15) is 18.5 Å². The lowest BCUT2D eigenvalue weighted by Crippen LogP contribution is -2.23. The molecule has 0 aliphatic heterocycles. The van der Waals surface area contributed by atoms with Gasteiger partial charge in [-0.15, -0.1) is 0 Å². The fourth-order valence-electron chi connectivity index (χ4n) is 1.73. The normalized spacial score (nSPS) is 12.2. The van der Waals surface area contributed by atoms with Gasteiger partial charge in [-0.1, -0.05) is 29.8 Å². The molecule has 0 aliphatic carbocycles. The molecule has 2 rings (SSSR count). The molecule has 1 atom stereocenters. The molecule has 0 saturated carbocycles. The zero-order chi connectivity index (χ0) is 13.1. The Morgan fingerprint density at radius 1 is 1.22 bits per heavy atom. The predicted octanol–water partition coefficient (Wildman–Crippen LogP) is 2.91. The highest BCUT2D eigenvalue weighted by Gasteiger charge is 2.15. The van der Waals surface area contributed by atoms with Crippen LogP contribution in [-0.4, -0.2) is 17.0 Å². The lowest BCUT2D eigenvalue weighted by molar-refractivity contribution is 0.727. The van der Waals surface area contributed by atoms with E-state index in [1.54, 1.807) is 12.4 Å². The highest BCUT2D eigenvalue weighted by atomic mass is 35.5. The first-order chi connectivity index (χ1) is 8.59. The Kier molecular flexibility index (Phi) is 3.67. The number of nitrogens with zero attached hydrogens (tertiary/aromatic N) is 3. The van der Waals surface area contributed by atoms with Crippen LogP contribution in [-0.2, 0) is 0 Å². The summed E-state index contributed by atoms with van der Waals surface area (Å²) in [7, 11) is 1.95. The molecule has 1 heterocycles. The van der Waals surface area contributed by atoms with Crippen molar-refractivity contribution in [1.82, 2.24) is 9.97 Å². The van der Waals surface area contributed by atoms with Gasteiger partial charge in [-0.3, -0.25) is 0 Å². The van der Waals surface area contributed by atoms with Crippen LogP contribution in [0.5, 0.6) is 0 Å². The molecule has 0 amide bonds. The molecule has 0 fully saturated rings. The first kappa shape index (κ1) is 12.6. The number of nitrogens with two attached hydrogens (primary N) is 1. The number of benzene rings is 1. The number of nitrogen functional groups attached to an aromatic ring is 1. The van der Waals surface area contributed by atoms with Gasteiger partial charge in [0.25, 0.3) is 0 Å². The highest BCUT2D eigenvalue weighted by Crippen LogP contribution is 2.28. The Labute approximate surface area is 111 Å². The minimum Gasteiger partial charge on any atom is -0.382 e. The van der Waals surface area contributed by atoms with Crippen LogP contribution in [0.3, 0.4) is 0 Å². The molecule has 4 nitrogen and oxygen atoms in total. The van der Waals surface area contributed by atoms with E-state index >= 15 is 0 Å². The average molecular weight is 263 g/mol. The third kappa shape index (κ3) is 2.54. The van der Waals surface area contributed by atoms with Crippen molar-refractivity contribution in [3.8, 4) is 0 Å². The molecule has 1 aromatic heterocycles. The summed E-state index contributed by atoms with van der Waals surface area (Å²) < 4.78 is 0. The minimum atomic E-state index is 0.108. The highest BCUT2D eigenvalue weighted by molar-refractivity contribution is 6.31. The Morgan fingerprint density at radius 3 is 2.56 bits per heavy atom. The van der Waals surface area contributed by atoms with E-state index in [2.05, 4.69) is 16.9 Å². The van der Waals surface area contributed by atoms with Crippen molar-refractivity contribution in [1.29, 1.82) is 0 Å². The van der Waals surface area contributed by atoms with E-state index in [9.17, 15) is 0 Å². The van der Waals surface area contributed by atoms with E-state index in [1.165, 1.54) is 0 Å². The van der Waals surface area contributed by atoms with Gasteiger partial charge in [0.2, 0.25) is 0 Å². The molecule has 18 heavy (non-hydrogen) atoms. The van der Waals surface area contributed by atoms with Gasteiger partial charge >= 0.3 is 0 Å². The van der Waals surface area contributed by atoms with E-state index in [-0.39, 0.29) is 6.04 Å². The smallest absolute Gasteiger partial charge is 0.147 e. The summed E-state index contributed by atoms with van der Waals surface area (Å²) in [6.07, 6.45) is 3.20. The average Bonchev–Trinajstić information content (AvgIpc) is 2.38. The Balaban J connectivity index is 2.26. The molecule has 2 N–H and O–H groups in total. The summed E-state index contributed by atoms with van der Waals surface area (Å²) in [5.74, 6) is 1.18. The van der Waals surface area contributed by atoms with Crippen LogP contribution >= 0.6 is 11.6 Å². The number of halogens is 1. The van der Waals surface area contributed by atoms with Crippen molar-refractivity contribution in [2.75, 3.05) is 17.7 Å². The Bertz CT molecular complexity index is 527. The van der Waals surface area contributed by atoms with Crippen LogP contribution in [0.2, 0.25) is 5.02 Å². The van der Waals surface area contributed by atoms with Gasteiger partial charge in [0.05, 0.1) is 18.4 Å².